The van der Waals surface area contributed by atoms with Gasteiger partial charge in [-0.25, -0.2) is 9.66 Å². The summed E-state index contributed by atoms with van der Waals surface area (Å²) in [4.78, 5) is 7.09. The number of likely N-dealkylation sites (N-methyl/N-ethyl adjacent to an activating group) is 1. The molecule has 1 aromatic heterocycles. The zero-order chi connectivity index (χ0) is 14.1. The van der Waals surface area contributed by atoms with Crippen LogP contribution in [0.3, 0.4) is 0 Å². The lowest BCUT2D eigenvalue weighted by Gasteiger charge is -2.35. The fourth-order valence-electron chi connectivity index (χ4n) is 2.64. The van der Waals surface area contributed by atoms with Crippen LogP contribution in [0.4, 0.5) is 0 Å². The highest BCUT2D eigenvalue weighted by Crippen LogP contribution is 2.22. The molecular formula is C14H18BrClN4. The van der Waals surface area contributed by atoms with Crippen LogP contribution in [0.25, 0.3) is 11.0 Å². The van der Waals surface area contributed by atoms with Gasteiger partial charge in [-0.05, 0) is 25.2 Å². The molecule has 2 aromatic rings. The van der Waals surface area contributed by atoms with Crippen molar-refractivity contribution in [2.24, 2.45) is 0 Å². The van der Waals surface area contributed by atoms with E-state index in [-0.39, 0.29) is 0 Å². The van der Waals surface area contributed by atoms with E-state index in [2.05, 4.69) is 49.7 Å². The second-order valence-electron chi connectivity index (χ2n) is 5.17. The van der Waals surface area contributed by atoms with E-state index in [1.54, 1.807) is 0 Å². The van der Waals surface area contributed by atoms with E-state index >= 15 is 0 Å². The molecule has 1 aliphatic heterocycles. The molecule has 108 valence electrons. The Balaban J connectivity index is 2.05. The topological polar surface area (TPSA) is 24.3 Å². The minimum Gasteiger partial charge on any atom is -0.308 e. The first kappa shape index (κ1) is 14.2. The van der Waals surface area contributed by atoms with Gasteiger partial charge in [-0.2, -0.15) is 0 Å². The van der Waals surface area contributed by atoms with Crippen LogP contribution < -0.4 is 5.01 Å². The fourth-order valence-corrected chi connectivity index (χ4v) is 3.16. The molecule has 1 fully saturated rings. The molecule has 0 atom stereocenters. The molecule has 0 radical (unpaired) electrons. The second kappa shape index (κ2) is 5.92. The van der Waals surface area contributed by atoms with Crippen LogP contribution in [0.1, 0.15) is 5.82 Å². The fraction of sp³-hybridized carbons (Fsp3) is 0.500. The van der Waals surface area contributed by atoms with Crippen LogP contribution >= 0.6 is 27.5 Å². The molecule has 0 unspecified atom stereocenters. The Kier molecular flexibility index (Phi) is 4.19. The van der Waals surface area contributed by atoms with E-state index in [9.17, 15) is 0 Å². The summed E-state index contributed by atoms with van der Waals surface area (Å²) in [6, 6.07) is 6.23. The van der Waals surface area contributed by atoms with Crippen molar-refractivity contribution in [3.8, 4) is 0 Å². The lowest BCUT2D eigenvalue weighted by Crippen LogP contribution is -2.50. The number of imidazole rings is 1. The number of halogens is 2. The average molecular weight is 358 g/mol. The van der Waals surface area contributed by atoms with Crippen molar-refractivity contribution >= 4 is 38.6 Å². The van der Waals surface area contributed by atoms with Crippen LogP contribution in [0, 0.1) is 0 Å². The van der Waals surface area contributed by atoms with Gasteiger partial charge in [-0.3, -0.25) is 0 Å². The molecule has 0 aliphatic carbocycles. The Morgan fingerprint density at radius 3 is 2.70 bits per heavy atom. The molecule has 1 saturated heterocycles. The van der Waals surface area contributed by atoms with Crippen molar-refractivity contribution in [1.82, 2.24) is 14.6 Å². The highest BCUT2D eigenvalue weighted by Gasteiger charge is 2.20. The third kappa shape index (κ3) is 2.67. The SMILES string of the molecule is CN1CCN(n2c(CCCl)nc3ccc(Br)cc32)CC1. The van der Waals surface area contributed by atoms with Gasteiger partial charge in [0.1, 0.15) is 5.82 Å². The third-order valence-electron chi connectivity index (χ3n) is 3.74. The lowest BCUT2D eigenvalue weighted by atomic mass is 10.3. The number of hydrogen-bond donors (Lipinski definition) is 0. The zero-order valence-electron chi connectivity index (χ0n) is 11.5. The maximum atomic E-state index is 5.94. The summed E-state index contributed by atoms with van der Waals surface area (Å²) < 4.78 is 3.34. The number of fused-ring (bicyclic) bond motifs is 1. The van der Waals surface area contributed by atoms with Crippen LogP contribution in [-0.2, 0) is 6.42 Å². The van der Waals surface area contributed by atoms with Crippen molar-refractivity contribution in [2.45, 2.75) is 6.42 Å². The Hall–Kier alpha value is -0.780. The van der Waals surface area contributed by atoms with Gasteiger partial charge in [0.25, 0.3) is 0 Å². The minimum atomic E-state index is 0.595. The average Bonchev–Trinajstić information content (AvgIpc) is 2.78. The Bertz CT molecular complexity index is 604. The monoisotopic (exact) mass is 356 g/mol. The molecule has 0 N–H and O–H groups in total. The van der Waals surface area contributed by atoms with Gasteiger partial charge in [0, 0.05) is 43.0 Å². The number of hydrogen-bond acceptors (Lipinski definition) is 3. The van der Waals surface area contributed by atoms with E-state index in [0.717, 1.165) is 53.9 Å². The first-order valence-corrected chi connectivity index (χ1v) is 8.18. The van der Waals surface area contributed by atoms with Gasteiger partial charge in [0.15, 0.2) is 0 Å². The maximum Gasteiger partial charge on any atom is 0.130 e. The van der Waals surface area contributed by atoms with Crippen molar-refractivity contribution in [3.63, 3.8) is 0 Å². The number of aromatic nitrogens is 2. The summed E-state index contributed by atoms with van der Waals surface area (Å²) in [6.45, 7) is 4.19. The number of piperazine rings is 1. The van der Waals surface area contributed by atoms with Crippen LogP contribution in [0.2, 0.25) is 0 Å². The summed E-state index contributed by atoms with van der Waals surface area (Å²) in [6.07, 6.45) is 0.792. The molecule has 4 nitrogen and oxygen atoms in total. The molecule has 6 heteroatoms. The smallest absolute Gasteiger partial charge is 0.130 e. The Morgan fingerprint density at radius 1 is 1.25 bits per heavy atom. The Labute approximate surface area is 132 Å². The summed E-state index contributed by atoms with van der Waals surface area (Å²) in [5.74, 6) is 1.65. The molecule has 0 saturated carbocycles. The molecule has 0 amide bonds. The normalized spacial score (nSPS) is 17.1. The second-order valence-corrected chi connectivity index (χ2v) is 6.46. The van der Waals surface area contributed by atoms with Gasteiger partial charge in [0.2, 0.25) is 0 Å². The van der Waals surface area contributed by atoms with Crippen molar-refractivity contribution < 1.29 is 0 Å². The van der Waals surface area contributed by atoms with Crippen molar-refractivity contribution in [2.75, 3.05) is 44.1 Å². The quantitative estimate of drug-likeness (QED) is 0.789. The number of rotatable bonds is 3. The first-order valence-electron chi connectivity index (χ1n) is 6.85. The van der Waals surface area contributed by atoms with Gasteiger partial charge in [-0.1, -0.05) is 15.9 Å². The third-order valence-corrected chi connectivity index (χ3v) is 4.42. The van der Waals surface area contributed by atoms with E-state index in [0.29, 0.717) is 5.88 Å². The number of nitrogens with zero attached hydrogens (tertiary/aromatic N) is 4. The van der Waals surface area contributed by atoms with E-state index in [1.165, 1.54) is 0 Å². The summed E-state index contributed by atoms with van der Waals surface area (Å²) in [5, 5.41) is 2.38. The standard InChI is InChI=1S/C14H18BrClN4/c1-18-6-8-19(9-7-18)20-13-10-11(15)2-3-12(13)17-14(20)4-5-16/h2-3,10H,4-9H2,1H3. The first-order chi connectivity index (χ1) is 9.69. The zero-order valence-corrected chi connectivity index (χ0v) is 13.9. The van der Waals surface area contributed by atoms with Crippen molar-refractivity contribution in [3.05, 3.63) is 28.5 Å². The summed E-state index contributed by atoms with van der Waals surface area (Å²) in [5.41, 5.74) is 2.19. The molecule has 2 heterocycles. The Morgan fingerprint density at radius 2 is 2.00 bits per heavy atom. The lowest BCUT2D eigenvalue weighted by molar-refractivity contribution is 0.287. The maximum absolute atomic E-state index is 5.94. The largest absolute Gasteiger partial charge is 0.308 e. The van der Waals surface area contributed by atoms with E-state index in [4.69, 9.17) is 16.6 Å². The molecular weight excluding hydrogens is 340 g/mol. The molecule has 20 heavy (non-hydrogen) atoms. The van der Waals surface area contributed by atoms with Crippen LogP contribution in [0.15, 0.2) is 22.7 Å². The predicted molar refractivity (Wildman–Crippen MR) is 87.3 cm³/mol. The summed E-state index contributed by atoms with van der Waals surface area (Å²) >= 11 is 9.49. The van der Waals surface area contributed by atoms with Crippen LogP contribution in [0.5, 0.6) is 0 Å². The predicted octanol–water partition coefficient (Wildman–Crippen LogP) is 2.46. The molecule has 1 aromatic carbocycles. The highest BCUT2D eigenvalue weighted by atomic mass is 79.9. The van der Waals surface area contributed by atoms with Crippen LogP contribution in [-0.4, -0.2) is 53.7 Å². The van der Waals surface area contributed by atoms with Gasteiger partial charge in [0.05, 0.1) is 11.0 Å². The van der Waals surface area contributed by atoms with Gasteiger partial charge >= 0.3 is 0 Å². The number of alkyl halides is 1. The highest BCUT2D eigenvalue weighted by molar-refractivity contribution is 9.10. The summed E-state index contributed by atoms with van der Waals surface area (Å²) in [7, 11) is 2.17. The van der Waals surface area contributed by atoms with E-state index < -0.39 is 0 Å². The number of benzene rings is 1. The number of aryl methyl sites for hydroxylation is 1. The van der Waals surface area contributed by atoms with Gasteiger partial charge < -0.3 is 9.91 Å². The van der Waals surface area contributed by atoms with Gasteiger partial charge in [-0.15, -0.1) is 11.6 Å². The molecule has 3 rings (SSSR count). The van der Waals surface area contributed by atoms with Crippen molar-refractivity contribution in [1.29, 1.82) is 0 Å². The molecule has 0 bridgehead atoms. The molecule has 0 spiro atoms. The van der Waals surface area contributed by atoms with E-state index in [1.807, 2.05) is 6.07 Å². The minimum absolute atomic E-state index is 0.595. The molecule has 1 aliphatic rings.